The Hall–Kier alpha value is -2.56. The first-order chi connectivity index (χ1) is 13.7. The van der Waals surface area contributed by atoms with Crippen molar-refractivity contribution in [1.82, 2.24) is 25.4 Å². The molecule has 0 unspecified atom stereocenters. The van der Waals surface area contributed by atoms with E-state index < -0.39 is 0 Å². The number of hydrogen-bond donors (Lipinski definition) is 2. The molecule has 0 saturated carbocycles. The number of aromatic nitrogens is 3. The van der Waals surface area contributed by atoms with E-state index in [4.69, 9.17) is 9.15 Å². The van der Waals surface area contributed by atoms with Crippen LogP contribution in [-0.2, 0) is 13.1 Å². The van der Waals surface area contributed by atoms with Gasteiger partial charge < -0.3 is 19.4 Å². The van der Waals surface area contributed by atoms with Crippen molar-refractivity contribution in [3.8, 4) is 17.3 Å². The van der Waals surface area contributed by atoms with Crippen molar-refractivity contribution in [2.45, 2.75) is 26.9 Å². The van der Waals surface area contributed by atoms with Crippen molar-refractivity contribution in [2.75, 3.05) is 20.2 Å². The van der Waals surface area contributed by atoms with Gasteiger partial charge in [0, 0.05) is 20.1 Å². The van der Waals surface area contributed by atoms with Crippen LogP contribution in [-0.4, -0.2) is 46.2 Å². The maximum Gasteiger partial charge on any atom is 0.216 e. The van der Waals surface area contributed by atoms with Crippen molar-refractivity contribution in [2.24, 2.45) is 4.99 Å². The molecule has 0 saturated heterocycles. The van der Waals surface area contributed by atoms with Crippen molar-refractivity contribution in [1.29, 1.82) is 0 Å². The normalized spacial score (nSPS) is 11.1. The predicted molar refractivity (Wildman–Crippen MR) is 123 cm³/mol. The van der Waals surface area contributed by atoms with Gasteiger partial charge in [0.1, 0.15) is 18.1 Å². The summed E-state index contributed by atoms with van der Waals surface area (Å²) in [6, 6.07) is 11.7. The van der Waals surface area contributed by atoms with Gasteiger partial charge in [-0.15, -0.1) is 29.1 Å². The Bertz CT molecular complexity index is 877. The fourth-order valence-electron chi connectivity index (χ4n) is 2.71. The average Bonchev–Trinajstić information content (AvgIpc) is 3.38. The molecule has 0 radical (unpaired) electrons. The first-order valence-corrected chi connectivity index (χ1v) is 9.36. The summed E-state index contributed by atoms with van der Waals surface area (Å²) in [7, 11) is 2.01. The van der Waals surface area contributed by atoms with Gasteiger partial charge in [-0.25, -0.2) is 9.98 Å². The molecule has 0 fully saturated rings. The Kier molecular flexibility index (Phi) is 8.97. The second-order valence-corrected chi connectivity index (χ2v) is 6.19. The second-order valence-electron chi connectivity index (χ2n) is 6.19. The zero-order valence-electron chi connectivity index (χ0n) is 16.9. The largest absolute Gasteiger partial charge is 0.494 e. The molecule has 3 rings (SSSR count). The quantitative estimate of drug-likeness (QED) is 0.273. The predicted octanol–water partition coefficient (Wildman–Crippen LogP) is 3.68. The summed E-state index contributed by atoms with van der Waals surface area (Å²) in [5, 5.41) is 10.4. The highest BCUT2D eigenvalue weighted by Crippen LogP contribution is 2.15. The van der Waals surface area contributed by atoms with Crippen LogP contribution < -0.4 is 10.1 Å². The van der Waals surface area contributed by atoms with Crippen LogP contribution in [0.2, 0.25) is 0 Å². The summed E-state index contributed by atoms with van der Waals surface area (Å²) in [6.45, 7) is 6.59. The molecule has 0 aliphatic rings. The Morgan fingerprint density at radius 1 is 1.24 bits per heavy atom. The Morgan fingerprint density at radius 3 is 2.69 bits per heavy atom. The summed E-state index contributed by atoms with van der Waals surface area (Å²) in [6.07, 6.45) is 1.60. The van der Waals surface area contributed by atoms with Gasteiger partial charge in [0.2, 0.25) is 5.82 Å². The minimum absolute atomic E-state index is 0. The highest BCUT2D eigenvalue weighted by atomic mass is 127. The molecule has 2 aromatic heterocycles. The number of H-pyrrole nitrogens is 1. The number of nitrogens with one attached hydrogen (secondary N) is 2. The highest BCUT2D eigenvalue weighted by Gasteiger charge is 2.10. The van der Waals surface area contributed by atoms with E-state index in [9.17, 15) is 0 Å². The molecule has 9 heteroatoms. The number of nitrogens with zero attached hydrogens (tertiary/aromatic N) is 4. The summed E-state index contributed by atoms with van der Waals surface area (Å²) < 4.78 is 10.8. The molecule has 0 amide bonds. The first-order valence-electron chi connectivity index (χ1n) is 9.36. The van der Waals surface area contributed by atoms with Gasteiger partial charge in [-0.2, -0.15) is 0 Å². The minimum atomic E-state index is 0. The van der Waals surface area contributed by atoms with Crippen molar-refractivity contribution < 1.29 is 9.15 Å². The standard InChI is InChI=1S/C20H26N6O2.HI/c1-4-21-20(26(3)14-15-8-10-16(11-9-15)27-5-2)22-13-18-23-19(25-24-18)17-7-6-12-28-17;/h6-12H,4-5,13-14H2,1-3H3,(H,21,22)(H,23,24,25);1H. The van der Waals surface area contributed by atoms with Crippen LogP contribution in [0.15, 0.2) is 52.1 Å². The number of ether oxygens (including phenoxy) is 1. The summed E-state index contributed by atoms with van der Waals surface area (Å²) >= 11 is 0. The van der Waals surface area contributed by atoms with Crippen LogP contribution in [0.25, 0.3) is 11.6 Å². The zero-order valence-corrected chi connectivity index (χ0v) is 19.2. The lowest BCUT2D eigenvalue weighted by molar-refractivity contribution is 0.340. The van der Waals surface area contributed by atoms with Gasteiger partial charge in [0.15, 0.2) is 11.7 Å². The molecule has 156 valence electrons. The summed E-state index contributed by atoms with van der Waals surface area (Å²) in [5.74, 6) is 3.52. The van der Waals surface area contributed by atoms with E-state index in [0.717, 1.165) is 24.8 Å². The Labute approximate surface area is 187 Å². The molecule has 3 aromatic rings. The van der Waals surface area contributed by atoms with E-state index in [-0.39, 0.29) is 24.0 Å². The third-order valence-electron chi connectivity index (χ3n) is 4.00. The summed E-state index contributed by atoms with van der Waals surface area (Å²) in [5.41, 5.74) is 1.18. The number of halogens is 1. The molecule has 0 aliphatic carbocycles. The summed E-state index contributed by atoms with van der Waals surface area (Å²) in [4.78, 5) is 11.2. The molecule has 29 heavy (non-hydrogen) atoms. The number of aliphatic imine (C=N–C) groups is 1. The van der Waals surface area contributed by atoms with Gasteiger partial charge in [0.05, 0.1) is 12.9 Å². The topological polar surface area (TPSA) is 91.6 Å². The van der Waals surface area contributed by atoms with Crippen LogP contribution >= 0.6 is 24.0 Å². The fourth-order valence-corrected chi connectivity index (χ4v) is 2.71. The third-order valence-corrected chi connectivity index (χ3v) is 4.00. The third kappa shape index (κ3) is 6.48. The number of benzene rings is 1. The fraction of sp³-hybridized carbons (Fsp3) is 0.350. The number of hydrogen-bond acceptors (Lipinski definition) is 5. The van der Waals surface area contributed by atoms with Crippen LogP contribution in [0.5, 0.6) is 5.75 Å². The van der Waals surface area contributed by atoms with Gasteiger partial charge in [-0.1, -0.05) is 12.1 Å². The van der Waals surface area contributed by atoms with Gasteiger partial charge in [0.25, 0.3) is 0 Å². The first kappa shape index (κ1) is 22.7. The molecular weight excluding hydrogens is 483 g/mol. The Balaban J connectivity index is 0.00000300. The molecule has 8 nitrogen and oxygen atoms in total. The van der Waals surface area contributed by atoms with Crippen LogP contribution in [0, 0.1) is 0 Å². The van der Waals surface area contributed by atoms with Crippen LogP contribution in [0.1, 0.15) is 25.2 Å². The van der Waals surface area contributed by atoms with E-state index in [1.807, 2.05) is 45.2 Å². The Morgan fingerprint density at radius 2 is 2.03 bits per heavy atom. The smallest absolute Gasteiger partial charge is 0.216 e. The number of rotatable bonds is 8. The molecule has 1 aromatic carbocycles. The average molecular weight is 510 g/mol. The molecule has 0 atom stereocenters. The van der Waals surface area contributed by atoms with Gasteiger partial charge >= 0.3 is 0 Å². The number of furan rings is 1. The maximum absolute atomic E-state index is 5.50. The van der Waals surface area contributed by atoms with Crippen molar-refractivity contribution in [3.05, 3.63) is 54.0 Å². The zero-order chi connectivity index (χ0) is 19.8. The van der Waals surface area contributed by atoms with E-state index in [1.165, 1.54) is 5.56 Å². The van der Waals surface area contributed by atoms with E-state index in [0.29, 0.717) is 30.6 Å². The van der Waals surface area contributed by atoms with Crippen LogP contribution in [0.3, 0.4) is 0 Å². The molecule has 0 bridgehead atoms. The monoisotopic (exact) mass is 510 g/mol. The lowest BCUT2D eigenvalue weighted by Gasteiger charge is -2.22. The number of guanidine groups is 1. The molecular formula is C20H27IN6O2. The van der Waals surface area contributed by atoms with Gasteiger partial charge in [-0.05, 0) is 43.7 Å². The maximum atomic E-state index is 5.50. The van der Waals surface area contributed by atoms with E-state index >= 15 is 0 Å². The van der Waals surface area contributed by atoms with Crippen LogP contribution in [0.4, 0.5) is 0 Å². The van der Waals surface area contributed by atoms with E-state index in [2.05, 4.69) is 42.5 Å². The van der Waals surface area contributed by atoms with Crippen molar-refractivity contribution >= 4 is 29.9 Å². The lowest BCUT2D eigenvalue weighted by atomic mass is 10.2. The minimum Gasteiger partial charge on any atom is -0.494 e. The second kappa shape index (κ2) is 11.4. The molecule has 0 aliphatic heterocycles. The molecule has 0 spiro atoms. The van der Waals surface area contributed by atoms with E-state index in [1.54, 1.807) is 6.26 Å². The SMILES string of the molecule is CCNC(=NCc1nc(-c2ccco2)n[nH]1)N(C)Cc1ccc(OCC)cc1.I. The highest BCUT2D eigenvalue weighted by molar-refractivity contribution is 14.0. The number of aromatic amines is 1. The lowest BCUT2D eigenvalue weighted by Crippen LogP contribution is -2.38. The van der Waals surface area contributed by atoms with Gasteiger partial charge in [-0.3, -0.25) is 5.10 Å². The molecule has 2 heterocycles. The molecule has 2 N–H and O–H groups in total. The van der Waals surface area contributed by atoms with Crippen molar-refractivity contribution in [3.63, 3.8) is 0 Å².